The SMILES string of the molecule is CCc1cccc(C)c1NC(=S)NNC(=O)c1ccc(Cl)cc1. The van der Waals surface area contributed by atoms with Crippen LogP contribution in [0.15, 0.2) is 42.5 Å². The molecule has 0 aliphatic carbocycles. The fourth-order valence-corrected chi connectivity index (χ4v) is 2.41. The predicted molar refractivity (Wildman–Crippen MR) is 98.8 cm³/mol. The molecule has 0 spiro atoms. The van der Waals surface area contributed by atoms with Crippen LogP contribution in [-0.2, 0) is 6.42 Å². The number of rotatable bonds is 3. The van der Waals surface area contributed by atoms with Gasteiger partial charge in [0.1, 0.15) is 0 Å². The van der Waals surface area contributed by atoms with E-state index in [1.165, 1.54) is 0 Å². The lowest BCUT2D eigenvalue weighted by atomic mass is 10.1. The highest BCUT2D eigenvalue weighted by Crippen LogP contribution is 2.20. The van der Waals surface area contributed by atoms with E-state index in [4.69, 9.17) is 23.8 Å². The van der Waals surface area contributed by atoms with Gasteiger partial charge in [-0.15, -0.1) is 0 Å². The Morgan fingerprint density at radius 1 is 1.13 bits per heavy atom. The molecule has 0 aliphatic heterocycles. The fourth-order valence-electron chi connectivity index (χ4n) is 2.13. The van der Waals surface area contributed by atoms with Crippen LogP contribution in [0.1, 0.15) is 28.4 Å². The average molecular weight is 348 g/mol. The maximum absolute atomic E-state index is 12.0. The van der Waals surface area contributed by atoms with Crippen LogP contribution >= 0.6 is 23.8 Å². The first-order chi connectivity index (χ1) is 11.0. The minimum Gasteiger partial charge on any atom is -0.331 e. The predicted octanol–water partition coefficient (Wildman–Crippen LogP) is 3.84. The summed E-state index contributed by atoms with van der Waals surface area (Å²) in [4.78, 5) is 12.0. The Labute approximate surface area is 146 Å². The number of thiocarbonyl (C=S) groups is 1. The van der Waals surface area contributed by atoms with Gasteiger partial charge < -0.3 is 5.32 Å². The van der Waals surface area contributed by atoms with Crippen molar-refractivity contribution in [3.63, 3.8) is 0 Å². The molecule has 3 N–H and O–H groups in total. The smallest absolute Gasteiger partial charge is 0.269 e. The number of hydrogen-bond acceptors (Lipinski definition) is 2. The summed E-state index contributed by atoms with van der Waals surface area (Å²) in [7, 11) is 0. The van der Waals surface area contributed by atoms with Crippen LogP contribution in [0.25, 0.3) is 0 Å². The Kier molecular flexibility index (Phi) is 5.96. The van der Waals surface area contributed by atoms with E-state index >= 15 is 0 Å². The van der Waals surface area contributed by atoms with Gasteiger partial charge in [0, 0.05) is 16.3 Å². The zero-order valence-electron chi connectivity index (χ0n) is 12.9. The fraction of sp³-hybridized carbons (Fsp3) is 0.176. The lowest BCUT2D eigenvalue weighted by molar-refractivity contribution is 0.0944. The second-order valence-corrected chi connectivity index (χ2v) is 5.85. The Bertz CT molecular complexity index is 716. The van der Waals surface area contributed by atoms with Crippen molar-refractivity contribution in [1.29, 1.82) is 0 Å². The van der Waals surface area contributed by atoms with Crippen molar-refractivity contribution < 1.29 is 4.79 Å². The highest BCUT2D eigenvalue weighted by atomic mass is 35.5. The van der Waals surface area contributed by atoms with Crippen LogP contribution in [0.3, 0.4) is 0 Å². The number of benzene rings is 2. The molecular weight excluding hydrogens is 330 g/mol. The van der Waals surface area contributed by atoms with Crippen LogP contribution in [0, 0.1) is 6.92 Å². The molecule has 0 saturated carbocycles. The number of carbonyl (C=O) groups excluding carboxylic acids is 1. The van der Waals surface area contributed by atoms with Gasteiger partial charge in [-0.25, -0.2) is 0 Å². The van der Waals surface area contributed by atoms with E-state index in [9.17, 15) is 4.79 Å². The zero-order chi connectivity index (χ0) is 16.8. The molecule has 0 unspecified atom stereocenters. The minimum absolute atomic E-state index is 0.286. The van der Waals surface area contributed by atoms with Gasteiger partial charge >= 0.3 is 0 Å². The summed E-state index contributed by atoms with van der Waals surface area (Å²) in [6.45, 7) is 4.09. The van der Waals surface area contributed by atoms with Crippen molar-refractivity contribution >= 4 is 40.5 Å². The van der Waals surface area contributed by atoms with Crippen molar-refractivity contribution in [3.8, 4) is 0 Å². The lowest BCUT2D eigenvalue weighted by Crippen LogP contribution is -2.43. The van der Waals surface area contributed by atoms with Crippen molar-refractivity contribution in [3.05, 3.63) is 64.2 Å². The molecule has 0 radical (unpaired) electrons. The third kappa shape index (κ3) is 4.68. The quantitative estimate of drug-likeness (QED) is 0.583. The van der Waals surface area contributed by atoms with Gasteiger partial charge in [-0.1, -0.05) is 36.7 Å². The van der Waals surface area contributed by atoms with Crippen LogP contribution in [0.2, 0.25) is 5.02 Å². The Morgan fingerprint density at radius 3 is 2.48 bits per heavy atom. The Morgan fingerprint density at radius 2 is 1.83 bits per heavy atom. The Hall–Kier alpha value is -2.11. The third-order valence-corrected chi connectivity index (χ3v) is 3.83. The summed E-state index contributed by atoms with van der Waals surface area (Å²) >= 11 is 11.0. The summed E-state index contributed by atoms with van der Waals surface area (Å²) in [5, 5.41) is 4.04. The van der Waals surface area contributed by atoms with Gasteiger partial charge in [0.05, 0.1) is 0 Å². The highest BCUT2D eigenvalue weighted by Gasteiger charge is 2.08. The van der Waals surface area contributed by atoms with Gasteiger partial charge in [0.2, 0.25) is 0 Å². The largest absolute Gasteiger partial charge is 0.331 e. The number of nitrogens with one attached hydrogen (secondary N) is 3. The zero-order valence-corrected chi connectivity index (χ0v) is 14.5. The molecule has 6 heteroatoms. The average Bonchev–Trinajstić information content (AvgIpc) is 2.55. The topological polar surface area (TPSA) is 53.2 Å². The van der Waals surface area contributed by atoms with Gasteiger partial charge in [0.25, 0.3) is 5.91 Å². The van der Waals surface area contributed by atoms with Gasteiger partial charge in [-0.2, -0.15) is 0 Å². The first-order valence-corrected chi connectivity index (χ1v) is 8.01. The van der Waals surface area contributed by atoms with Crippen LogP contribution in [0.5, 0.6) is 0 Å². The summed E-state index contributed by atoms with van der Waals surface area (Å²) in [6.07, 6.45) is 0.893. The molecule has 23 heavy (non-hydrogen) atoms. The number of hydrogen-bond donors (Lipinski definition) is 3. The highest BCUT2D eigenvalue weighted by molar-refractivity contribution is 7.80. The third-order valence-electron chi connectivity index (χ3n) is 3.37. The van der Waals surface area contributed by atoms with Crippen LogP contribution < -0.4 is 16.2 Å². The van der Waals surface area contributed by atoms with Crippen molar-refractivity contribution in [2.45, 2.75) is 20.3 Å². The number of anilines is 1. The van der Waals surface area contributed by atoms with E-state index in [-0.39, 0.29) is 5.91 Å². The molecule has 4 nitrogen and oxygen atoms in total. The van der Waals surface area contributed by atoms with Crippen molar-refractivity contribution in [1.82, 2.24) is 10.9 Å². The molecule has 2 aromatic carbocycles. The molecular formula is C17H18ClN3OS. The molecule has 0 fully saturated rings. The van der Waals surface area contributed by atoms with E-state index in [0.717, 1.165) is 23.2 Å². The first-order valence-electron chi connectivity index (χ1n) is 7.22. The van der Waals surface area contributed by atoms with Crippen LogP contribution in [0.4, 0.5) is 5.69 Å². The number of aryl methyl sites for hydroxylation is 2. The molecule has 0 atom stereocenters. The summed E-state index contributed by atoms with van der Waals surface area (Å²) in [5.74, 6) is -0.286. The lowest BCUT2D eigenvalue weighted by Gasteiger charge is -2.16. The molecule has 0 aromatic heterocycles. The van der Waals surface area contributed by atoms with Gasteiger partial charge in [0.15, 0.2) is 5.11 Å². The second kappa shape index (κ2) is 7.94. The monoisotopic (exact) mass is 347 g/mol. The molecule has 0 aliphatic rings. The van der Waals surface area contributed by atoms with Crippen molar-refractivity contribution in [2.24, 2.45) is 0 Å². The van der Waals surface area contributed by atoms with Crippen molar-refractivity contribution in [2.75, 3.05) is 5.32 Å². The number of para-hydroxylation sites is 1. The number of halogens is 1. The summed E-state index contributed by atoms with van der Waals surface area (Å²) in [6, 6.07) is 12.7. The second-order valence-electron chi connectivity index (χ2n) is 5.00. The molecule has 2 aromatic rings. The van der Waals surface area contributed by atoms with E-state index in [2.05, 4.69) is 23.1 Å². The number of carbonyl (C=O) groups is 1. The van der Waals surface area contributed by atoms with Crippen LogP contribution in [-0.4, -0.2) is 11.0 Å². The first kappa shape index (κ1) is 17.2. The molecule has 0 heterocycles. The van der Waals surface area contributed by atoms with E-state index in [1.807, 2.05) is 25.1 Å². The maximum atomic E-state index is 12.0. The van der Waals surface area contributed by atoms with E-state index in [1.54, 1.807) is 24.3 Å². The molecule has 120 valence electrons. The van der Waals surface area contributed by atoms with E-state index < -0.39 is 0 Å². The minimum atomic E-state index is -0.286. The Balaban J connectivity index is 1.95. The molecule has 1 amide bonds. The molecule has 2 rings (SSSR count). The summed E-state index contributed by atoms with van der Waals surface area (Å²) in [5.41, 5.74) is 8.99. The number of amides is 1. The standard InChI is InChI=1S/C17H18ClN3OS/c1-3-12-6-4-5-11(2)15(12)19-17(23)21-20-16(22)13-7-9-14(18)10-8-13/h4-10H,3H2,1-2H3,(H,20,22)(H2,19,21,23). The maximum Gasteiger partial charge on any atom is 0.269 e. The van der Waals surface area contributed by atoms with Gasteiger partial charge in [-0.05, 0) is 61.0 Å². The normalized spacial score (nSPS) is 10.0. The van der Waals surface area contributed by atoms with E-state index in [0.29, 0.717) is 15.7 Å². The molecule has 0 saturated heterocycles. The molecule has 0 bridgehead atoms. The summed E-state index contributed by atoms with van der Waals surface area (Å²) < 4.78 is 0. The van der Waals surface area contributed by atoms with Gasteiger partial charge in [-0.3, -0.25) is 15.6 Å². The number of hydrazine groups is 1.